The number of rotatable bonds is 4. The number of allylic oxidation sites excluding steroid dienone is 2. The van der Waals surface area contributed by atoms with Gasteiger partial charge >= 0.3 is 0 Å². The van der Waals surface area contributed by atoms with Crippen LogP contribution in [0.4, 0.5) is 10.2 Å². The summed E-state index contributed by atoms with van der Waals surface area (Å²) in [7, 11) is 0. The average Bonchev–Trinajstić information content (AvgIpc) is 3.06. The first-order valence-corrected chi connectivity index (χ1v) is 8.94. The maximum Gasteiger partial charge on any atom is 0.209 e. The van der Waals surface area contributed by atoms with Crippen LogP contribution in [0.1, 0.15) is 18.7 Å². The maximum atomic E-state index is 14.3. The molecule has 0 aliphatic carbocycles. The first-order chi connectivity index (χ1) is 13.0. The van der Waals surface area contributed by atoms with E-state index in [2.05, 4.69) is 25.9 Å². The number of hydrogen-bond acceptors (Lipinski definition) is 7. The van der Waals surface area contributed by atoms with E-state index >= 15 is 0 Å². The molecule has 0 radical (unpaired) electrons. The van der Waals surface area contributed by atoms with Gasteiger partial charge in [0.15, 0.2) is 17.5 Å². The van der Waals surface area contributed by atoms with Gasteiger partial charge in [-0.15, -0.1) is 0 Å². The van der Waals surface area contributed by atoms with E-state index in [4.69, 9.17) is 17.3 Å². The molecule has 4 rings (SSSR count). The highest BCUT2D eigenvalue weighted by Crippen LogP contribution is 2.31. The van der Waals surface area contributed by atoms with Gasteiger partial charge in [0, 0.05) is 30.1 Å². The molecule has 1 unspecified atom stereocenters. The van der Waals surface area contributed by atoms with Gasteiger partial charge in [-0.1, -0.05) is 11.6 Å². The van der Waals surface area contributed by atoms with Gasteiger partial charge in [0.1, 0.15) is 11.8 Å². The van der Waals surface area contributed by atoms with E-state index in [1.54, 1.807) is 17.3 Å². The third-order valence-electron chi connectivity index (χ3n) is 4.75. The monoisotopic (exact) mass is 391 g/mol. The van der Waals surface area contributed by atoms with E-state index in [0.29, 0.717) is 29.4 Å². The summed E-state index contributed by atoms with van der Waals surface area (Å²) in [5, 5.41) is 9.78. The number of anilines is 1. The molecule has 8 nitrogen and oxygen atoms in total. The van der Waals surface area contributed by atoms with Crippen LogP contribution in [0.2, 0.25) is 0 Å². The largest absolute Gasteiger partial charge is 0.367 e. The summed E-state index contributed by atoms with van der Waals surface area (Å²) in [5.41, 5.74) is 6.97. The lowest BCUT2D eigenvalue weighted by atomic mass is 9.99. The Morgan fingerprint density at radius 2 is 2.26 bits per heavy atom. The number of piperidine rings is 1. The summed E-state index contributed by atoms with van der Waals surface area (Å²) in [6.45, 7) is 0.911. The van der Waals surface area contributed by atoms with Gasteiger partial charge in [0.2, 0.25) is 6.41 Å². The Kier molecular flexibility index (Phi) is 4.48. The second-order valence-corrected chi connectivity index (χ2v) is 7.24. The van der Waals surface area contributed by atoms with Crippen LogP contribution in [0.15, 0.2) is 35.3 Å². The van der Waals surface area contributed by atoms with Crippen molar-refractivity contribution in [3.05, 3.63) is 46.9 Å². The lowest BCUT2D eigenvalue weighted by molar-refractivity contribution is -0.119. The lowest BCUT2D eigenvalue weighted by Gasteiger charge is -2.39. The Hall–Kier alpha value is -2.65. The van der Waals surface area contributed by atoms with Gasteiger partial charge in [0.25, 0.3) is 0 Å². The minimum atomic E-state index is -0.950. The summed E-state index contributed by atoms with van der Waals surface area (Å²) >= 11 is 6.07. The molecule has 0 bridgehead atoms. The number of carbonyl (C=O) groups excluding carboxylic acids is 1. The number of likely N-dealkylation sites (tertiary alicyclic amines) is 1. The third kappa shape index (κ3) is 3.47. The van der Waals surface area contributed by atoms with Crippen molar-refractivity contribution in [2.75, 3.05) is 18.4 Å². The summed E-state index contributed by atoms with van der Waals surface area (Å²) in [5.74, 6) is -0.255. The lowest BCUT2D eigenvalue weighted by Crippen LogP contribution is -2.59. The van der Waals surface area contributed by atoms with Crippen molar-refractivity contribution in [3.63, 3.8) is 0 Å². The molecule has 5 N–H and O–H groups in total. The van der Waals surface area contributed by atoms with Gasteiger partial charge in [-0.3, -0.25) is 4.79 Å². The Labute approximate surface area is 160 Å². The van der Waals surface area contributed by atoms with Gasteiger partial charge in [-0.2, -0.15) is 0 Å². The number of nitrogens with zero attached hydrogens (tertiary/aromatic N) is 3. The molecule has 2 atom stereocenters. The van der Waals surface area contributed by atoms with Crippen molar-refractivity contribution in [2.45, 2.75) is 24.7 Å². The highest BCUT2D eigenvalue weighted by Gasteiger charge is 2.33. The van der Waals surface area contributed by atoms with Crippen LogP contribution in [0, 0.1) is 5.82 Å². The molecule has 1 fully saturated rings. The number of dihydropyridines is 1. The molecule has 1 aromatic rings. The zero-order chi connectivity index (χ0) is 19.0. The number of nitrogens with one attached hydrogen (secondary N) is 3. The smallest absolute Gasteiger partial charge is 0.209 e. The first-order valence-electron chi connectivity index (χ1n) is 8.57. The van der Waals surface area contributed by atoms with Crippen LogP contribution in [0.5, 0.6) is 0 Å². The van der Waals surface area contributed by atoms with Crippen LogP contribution in [-0.4, -0.2) is 46.2 Å². The fourth-order valence-electron chi connectivity index (χ4n) is 3.47. The quantitative estimate of drug-likeness (QED) is 0.444. The van der Waals surface area contributed by atoms with E-state index in [0.717, 1.165) is 24.6 Å². The predicted molar refractivity (Wildman–Crippen MR) is 99.5 cm³/mol. The molecule has 0 aromatic carbocycles. The molecule has 27 heavy (non-hydrogen) atoms. The van der Waals surface area contributed by atoms with Crippen molar-refractivity contribution in [1.82, 2.24) is 25.5 Å². The summed E-state index contributed by atoms with van der Waals surface area (Å²) in [6, 6.07) is 0. The van der Waals surface area contributed by atoms with E-state index < -0.39 is 11.5 Å². The Morgan fingerprint density at radius 1 is 1.44 bits per heavy atom. The molecule has 4 heterocycles. The molecule has 1 amide bonds. The number of halogens is 2. The molecule has 1 aromatic heterocycles. The van der Waals surface area contributed by atoms with Crippen LogP contribution in [0.3, 0.4) is 0 Å². The standard InChI is InChI=1S/C17H19ClFN7O/c18-10-4-11-12(6-22-14(11)21-5-10)15-23-7-13(19)16(24-15)25-17(20)2-1-3-26(8-17)9-27/h4-7,9,14,21-22H,1-3,8,20H2,(H,23,24,25)/t14?,17-/m0/s1. The molecule has 142 valence electrons. The highest BCUT2D eigenvalue weighted by molar-refractivity contribution is 6.31. The molecule has 10 heteroatoms. The average molecular weight is 392 g/mol. The molecule has 0 saturated carbocycles. The second-order valence-electron chi connectivity index (χ2n) is 6.80. The minimum Gasteiger partial charge on any atom is -0.367 e. The van der Waals surface area contributed by atoms with Crippen LogP contribution in [-0.2, 0) is 4.79 Å². The van der Waals surface area contributed by atoms with Crippen molar-refractivity contribution in [1.29, 1.82) is 0 Å². The number of carbonyl (C=O) groups is 1. The molecule has 3 aliphatic rings. The topological polar surface area (TPSA) is 108 Å². The van der Waals surface area contributed by atoms with Crippen LogP contribution in [0.25, 0.3) is 5.57 Å². The van der Waals surface area contributed by atoms with E-state index in [-0.39, 0.29) is 18.5 Å². The normalized spacial score (nSPS) is 26.9. The zero-order valence-electron chi connectivity index (χ0n) is 14.4. The van der Waals surface area contributed by atoms with Crippen molar-refractivity contribution in [2.24, 2.45) is 5.73 Å². The van der Waals surface area contributed by atoms with Crippen LogP contribution >= 0.6 is 11.6 Å². The molecule has 1 saturated heterocycles. The summed E-state index contributed by atoms with van der Waals surface area (Å²) < 4.78 is 14.3. The molecule has 0 spiro atoms. The summed E-state index contributed by atoms with van der Waals surface area (Å²) in [4.78, 5) is 21.1. The third-order valence-corrected chi connectivity index (χ3v) is 4.97. The Morgan fingerprint density at radius 3 is 3.07 bits per heavy atom. The van der Waals surface area contributed by atoms with Crippen molar-refractivity contribution < 1.29 is 9.18 Å². The zero-order valence-corrected chi connectivity index (χ0v) is 15.1. The number of amides is 1. The van der Waals surface area contributed by atoms with Gasteiger partial charge < -0.3 is 26.6 Å². The van der Waals surface area contributed by atoms with Crippen molar-refractivity contribution >= 4 is 29.4 Å². The Bertz CT molecular complexity index is 871. The van der Waals surface area contributed by atoms with E-state index in [1.165, 1.54) is 0 Å². The number of hydrogen-bond donors (Lipinski definition) is 4. The maximum absolute atomic E-state index is 14.3. The fraction of sp³-hybridized carbons (Fsp3) is 0.353. The van der Waals surface area contributed by atoms with E-state index in [1.807, 2.05) is 6.08 Å². The highest BCUT2D eigenvalue weighted by atomic mass is 35.5. The Balaban J connectivity index is 1.61. The minimum absolute atomic E-state index is 0.00519. The number of aromatic nitrogens is 2. The van der Waals surface area contributed by atoms with E-state index in [9.17, 15) is 9.18 Å². The predicted octanol–water partition coefficient (Wildman–Crippen LogP) is 0.815. The number of nitrogens with two attached hydrogens (primary N) is 1. The second kappa shape index (κ2) is 6.82. The van der Waals surface area contributed by atoms with Gasteiger partial charge in [-0.05, 0) is 18.9 Å². The van der Waals surface area contributed by atoms with Crippen molar-refractivity contribution in [3.8, 4) is 0 Å². The molecule has 3 aliphatic heterocycles. The molecular formula is C17H19ClFN7O. The van der Waals surface area contributed by atoms with Gasteiger partial charge in [0.05, 0.1) is 17.8 Å². The first kappa shape index (κ1) is 17.7. The SMILES string of the molecule is N[C@]1(Nc2nc(C3=CNC4NC=C(Cl)C=C34)ncc2F)CCCN(C=O)C1. The van der Waals surface area contributed by atoms with Gasteiger partial charge in [-0.25, -0.2) is 14.4 Å². The fourth-order valence-corrected chi connectivity index (χ4v) is 3.65. The van der Waals surface area contributed by atoms with Crippen LogP contribution < -0.4 is 21.7 Å². The summed E-state index contributed by atoms with van der Waals surface area (Å²) in [6.07, 6.45) is 8.31. The number of fused-ring (bicyclic) bond motifs is 1. The molecular weight excluding hydrogens is 373 g/mol.